The molecule has 0 radical (unpaired) electrons. The molecule has 2 rings (SSSR count). The molecule has 102 valence electrons. The number of nitrogens with zero attached hydrogens (tertiary/aromatic N) is 3. The number of allylic oxidation sites excluding steroid dienone is 1. The molecule has 0 aliphatic heterocycles. The summed E-state index contributed by atoms with van der Waals surface area (Å²) in [7, 11) is 0. The molecule has 20 heavy (non-hydrogen) atoms. The highest BCUT2D eigenvalue weighted by molar-refractivity contribution is 8.00. The molecule has 1 aromatic heterocycles. The van der Waals surface area contributed by atoms with Gasteiger partial charge in [0, 0.05) is 11.6 Å². The molecule has 0 N–H and O–H groups in total. The van der Waals surface area contributed by atoms with Crippen LogP contribution in [-0.4, -0.2) is 14.8 Å². The average Bonchev–Trinajstić information content (AvgIpc) is 2.44. The van der Waals surface area contributed by atoms with Crippen LogP contribution >= 0.6 is 23.4 Å². The first-order valence-corrected chi connectivity index (χ1v) is 7.20. The van der Waals surface area contributed by atoms with Crippen molar-refractivity contribution in [3.63, 3.8) is 0 Å². The number of fused-ring (bicyclic) bond motifs is 1. The van der Waals surface area contributed by atoms with Gasteiger partial charge in [0.1, 0.15) is 0 Å². The van der Waals surface area contributed by atoms with Crippen LogP contribution < -0.4 is 5.56 Å². The second kappa shape index (κ2) is 6.12. The van der Waals surface area contributed by atoms with Crippen LogP contribution in [0, 0.1) is 11.3 Å². The maximum atomic E-state index is 12.5. The summed E-state index contributed by atoms with van der Waals surface area (Å²) in [5.41, 5.74) is 0.400. The van der Waals surface area contributed by atoms with Gasteiger partial charge in [-0.05, 0) is 25.1 Å². The van der Waals surface area contributed by atoms with Crippen molar-refractivity contribution in [2.24, 2.45) is 0 Å². The summed E-state index contributed by atoms with van der Waals surface area (Å²) in [6.45, 7) is 5.75. The molecule has 0 aliphatic carbocycles. The zero-order valence-electron chi connectivity index (χ0n) is 10.8. The van der Waals surface area contributed by atoms with Crippen LogP contribution in [0.4, 0.5) is 0 Å². The van der Waals surface area contributed by atoms with Gasteiger partial charge in [-0.15, -0.1) is 6.58 Å². The summed E-state index contributed by atoms with van der Waals surface area (Å²) in [6, 6.07) is 7.12. The van der Waals surface area contributed by atoms with E-state index >= 15 is 0 Å². The van der Waals surface area contributed by atoms with Crippen molar-refractivity contribution in [1.82, 2.24) is 9.55 Å². The number of benzene rings is 1. The number of nitriles is 1. The average molecular weight is 306 g/mol. The first-order chi connectivity index (χ1) is 9.56. The van der Waals surface area contributed by atoms with E-state index in [1.807, 2.05) is 0 Å². The number of thioether (sulfide) groups is 1. The van der Waals surface area contributed by atoms with Crippen LogP contribution in [0.25, 0.3) is 10.9 Å². The van der Waals surface area contributed by atoms with Crippen molar-refractivity contribution in [2.45, 2.75) is 23.9 Å². The maximum Gasteiger partial charge on any atom is 0.262 e. The van der Waals surface area contributed by atoms with Crippen LogP contribution in [0.1, 0.15) is 6.92 Å². The van der Waals surface area contributed by atoms with E-state index in [9.17, 15) is 4.79 Å². The summed E-state index contributed by atoms with van der Waals surface area (Å²) in [5.74, 6) is 0. The molecule has 1 heterocycles. The van der Waals surface area contributed by atoms with Gasteiger partial charge in [0.2, 0.25) is 0 Å². The van der Waals surface area contributed by atoms with Gasteiger partial charge in [-0.25, -0.2) is 4.98 Å². The Hall–Kier alpha value is -1.77. The Labute approximate surface area is 125 Å². The fourth-order valence-corrected chi connectivity index (χ4v) is 2.71. The highest BCUT2D eigenvalue weighted by atomic mass is 35.5. The topological polar surface area (TPSA) is 58.7 Å². The lowest BCUT2D eigenvalue weighted by molar-refractivity contribution is 0.671. The molecule has 0 unspecified atom stereocenters. The molecule has 0 aliphatic rings. The van der Waals surface area contributed by atoms with Crippen LogP contribution in [0.2, 0.25) is 5.02 Å². The van der Waals surface area contributed by atoms with Crippen molar-refractivity contribution in [3.8, 4) is 6.07 Å². The molecular weight excluding hydrogens is 294 g/mol. The van der Waals surface area contributed by atoms with Gasteiger partial charge >= 0.3 is 0 Å². The van der Waals surface area contributed by atoms with Crippen LogP contribution in [0.3, 0.4) is 0 Å². The minimum absolute atomic E-state index is 0.176. The minimum atomic E-state index is -0.289. The number of rotatable bonds is 4. The third-order valence-electron chi connectivity index (χ3n) is 2.66. The van der Waals surface area contributed by atoms with E-state index in [1.54, 1.807) is 31.2 Å². The summed E-state index contributed by atoms with van der Waals surface area (Å²) >= 11 is 7.18. The van der Waals surface area contributed by atoms with Gasteiger partial charge in [-0.3, -0.25) is 9.36 Å². The molecule has 0 fully saturated rings. The van der Waals surface area contributed by atoms with E-state index in [0.29, 0.717) is 27.6 Å². The van der Waals surface area contributed by atoms with Crippen molar-refractivity contribution >= 4 is 34.3 Å². The lowest BCUT2D eigenvalue weighted by atomic mass is 10.2. The molecule has 6 heteroatoms. The first-order valence-electron chi connectivity index (χ1n) is 5.94. The number of halogens is 1. The van der Waals surface area contributed by atoms with Crippen LogP contribution in [0.15, 0.2) is 40.8 Å². The molecule has 0 saturated carbocycles. The SMILES string of the molecule is C=CCn1c(S[C@@H](C)C#N)nc2ccc(Cl)cc2c1=O. The Kier molecular flexibility index (Phi) is 4.48. The highest BCUT2D eigenvalue weighted by Crippen LogP contribution is 2.23. The third-order valence-corrected chi connectivity index (χ3v) is 3.87. The van der Waals surface area contributed by atoms with Crippen LogP contribution in [-0.2, 0) is 6.54 Å². The maximum absolute atomic E-state index is 12.5. The number of hydrogen-bond acceptors (Lipinski definition) is 4. The van der Waals surface area contributed by atoms with Gasteiger partial charge in [-0.1, -0.05) is 29.4 Å². The molecule has 0 amide bonds. The van der Waals surface area contributed by atoms with Gasteiger partial charge in [0.15, 0.2) is 5.16 Å². The molecule has 0 bridgehead atoms. The summed E-state index contributed by atoms with van der Waals surface area (Å²) in [5, 5.41) is 10.1. The predicted octanol–water partition coefficient (Wildman–Crippen LogP) is 3.24. The smallest absolute Gasteiger partial charge is 0.262 e. The van der Waals surface area contributed by atoms with Gasteiger partial charge in [0.05, 0.1) is 22.2 Å². The van der Waals surface area contributed by atoms with Crippen molar-refractivity contribution in [3.05, 3.63) is 46.2 Å². The quantitative estimate of drug-likeness (QED) is 0.494. The van der Waals surface area contributed by atoms with Crippen molar-refractivity contribution in [1.29, 1.82) is 5.26 Å². The molecule has 4 nitrogen and oxygen atoms in total. The second-order valence-corrected chi connectivity index (χ2v) is 5.89. The fraction of sp³-hybridized carbons (Fsp3) is 0.214. The van der Waals surface area contributed by atoms with E-state index in [-0.39, 0.29) is 10.8 Å². The van der Waals surface area contributed by atoms with E-state index in [0.717, 1.165) is 0 Å². The monoisotopic (exact) mass is 305 g/mol. The zero-order valence-corrected chi connectivity index (χ0v) is 12.4. The van der Waals surface area contributed by atoms with Gasteiger partial charge in [-0.2, -0.15) is 5.26 Å². The second-order valence-electron chi connectivity index (χ2n) is 4.15. The minimum Gasteiger partial charge on any atom is -0.283 e. The zero-order chi connectivity index (χ0) is 14.7. The van der Waals surface area contributed by atoms with E-state index in [4.69, 9.17) is 16.9 Å². The Morgan fingerprint density at radius 1 is 1.65 bits per heavy atom. The van der Waals surface area contributed by atoms with E-state index in [1.165, 1.54) is 16.3 Å². The largest absolute Gasteiger partial charge is 0.283 e. The summed E-state index contributed by atoms with van der Waals surface area (Å²) < 4.78 is 1.50. The van der Waals surface area contributed by atoms with Crippen LogP contribution in [0.5, 0.6) is 0 Å². The summed E-state index contributed by atoms with van der Waals surface area (Å²) in [6.07, 6.45) is 1.63. The molecule has 0 saturated heterocycles. The van der Waals surface area contributed by atoms with Gasteiger partial charge < -0.3 is 0 Å². The fourth-order valence-electron chi connectivity index (χ4n) is 1.74. The molecular formula is C14H12ClN3OS. The standard InChI is InChI=1S/C14H12ClN3OS/c1-3-6-18-13(19)11-7-10(15)4-5-12(11)17-14(18)20-9(2)8-16/h3-5,7,9H,1,6H2,2H3/t9-/m0/s1. The molecule has 0 spiro atoms. The lowest BCUT2D eigenvalue weighted by Gasteiger charge is -2.12. The Morgan fingerprint density at radius 3 is 3.05 bits per heavy atom. The Bertz CT molecular complexity index is 763. The lowest BCUT2D eigenvalue weighted by Crippen LogP contribution is -2.23. The Balaban J connectivity index is 2.70. The molecule has 2 aromatic rings. The third kappa shape index (κ3) is 2.87. The van der Waals surface area contributed by atoms with E-state index in [2.05, 4.69) is 17.6 Å². The Morgan fingerprint density at radius 2 is 2.40 bits per heavy atom. The highest BCUT2D eigenvalue weighted by Gasteiger charge is 2.13. The molecule has 1 atom stereocenters. The number of aromatic nitrogens is 2. The number of hydrogen-bond donors (Lipinski definition) is 0. The molecule has 1 aromatic carbocycles. The van der Waals surface area contributed by atoms with E-state index < -0.39 is 0 Å². The first kappa shape index (κ1) is 14.6. The normalized spacial score (nSPS) is 12.1. The van der Waals surface area contributed by atoms with Crippen molar-refractivity contribution < 1.29 is 0 Å². The van der Waals surface area contributed by atoms with Gasteiger partial charge in [0.25, 0.3) is 5.56 Å². The van der Waals surface area contributed by atoms with Crippen molar-refractivity contribution in [2.75, 3.05) is 0 Å². The predicted molar refractivity (Wildman–Crippen MR) is 82.1 cm³/mol. The summed E-state index contributed by atoms with van der Waals surface area (Å²) in [4.78, 5) is 16.9.